The molecule has 0 radical (unpaired) electrons. The number of carbonyl (C=O) groups is 4. The van der Waals surface area contributed by atoms with Gasteiger partial charge < -0.3 is 28.6 Å². The number of nitrogens with zero attached hydrogens (tertiary/aromatic N) is 1. The highest BCUT2D eigenvalue weighted by atomic mass is 32.1. The summed E-state index contributed by atoms with van der Waals surface area (Å²) in [5, 5.41) is 0. The zero-order valence-electron chi connectivity index (χ0n) is 29.0. The van der Waals surface area contributed by atoms with Gasteiger partial charge in [-0.15, -0.1) is 0 Å². The van der Waals surface area contributed by atoms with Gasteiger partial charge in [0.25, 0.3) is 0 Å². The van der Waals surface area contributed by atoms with E-state index < -0.39 is 76.2 Å². The molecule has 10 nitrogen and oxygen atoms in total. The van der Waals surface area contributed by atoms with Crippen LogP contribution >= 0.6 is 12.2 Å². The van der Waals surface area contributed by atoms with Gasteiger partial charge >= 0.3 is 23.9 Å². The summed E-state index contributed by atoms with van der Waals surface area (Å²) in [4.78, 5) is 55.5. The summed E-state index contributed by atoms with van der Waals surface area (Å²) < 4.78 is 30.6. The Labute approximate surface area is 269 Å². The van der Waals surface area contributed by atoms with E-state index in [0.717, 1.165) is 12.8 Å². The van der Waals surface area contributed by atoms with Crippen LogP contribution in [0.4, 0.5) is 0 Å². The molecule has 0 N–H and O–H groups in total. The van der Waals surface area contributed by atoms with Crippen LogP contribution in [-0.2, 0) is 42.9 Å². The minimum Gasteiger partial charge on any atom is -0.462 e. The lowest BCUT2D eigenvalue weighted by Crippen LogP contribution is -2.68. The van der Waals surface area contributed by atoms with Crippen molar-refractivity contribution in [3.63, 3.8) is 0 Å². The van der Waals surface area contributed by atoms with Gasteiger partial charge in [-0.1, -0.05) is 25.6 Å². The lowest BCUT2D eigenvalue weighted by molar-refractivity contribution is -0.278. The van der Waals surface area contributed by atoms with E-state index in [-0.39, 0.29) is 6.61 Å². The molecule has 2 heterocycles. The Morgan fingerprint density at radius 1 is 0.727 bits per heavy atom. The van der Waals surface area contributed by atoms with E-state index in [4.69, 9.17) is 35.9 Å². The molecule has 252 valence electrons. The van der Waals surface area contributed by atoms with Gasteiger partial charge in [-0.25, -0.2) is 0 Å². The summed E-state index contributed by atoms with van der Waals surface area (Å²) in [6.45, 7) is 22.8. The zero-order chi connectivity index (χ0) is 34.0. The number of esters is 4. The van der Waals surface area contributed by atoms with Crippen molar-refractivity contribution >= 4 is 41.1 Å². The molecule has 0 spiro atoms. The summed E-state index contributed by atoms with van der Waals surface area (Å²) in [7, 11) is 0. The second kappa shape index (κ2) is 14.0. The first kappa shape index (κ1) is 37.9. The third-order valence-corrected chi connectivity index (χ3v) is 8.01. The van der Waals surface area contributed by atoms with Crippen LogP contribution in [0, 0.1) is 27.6 Å². The molecule has 2 rings (SSSR count). The number of thiocarbonyl (C=S) groups is 1. The Balaban J connectivity index is 2.73. The van der Waals surface area contributed by atoms with E-state index in [1.54, 1.807) is 83.1 Å². The van der Waals surface area contributed by atoms with Crippen molar-refractivity contribution in [2.75, 3.05) is 13.2 Å². The fourth-order valence-electron chi connectivity index (χ4n) is 4.49. The second-order valence-corrected chi connectivity index (χ2v) is 16.6. The fraction of sp³-hybridized carbons (Fsp3) is 0.848. The van der Waals surface area contributed by atoms with Crippen molar-refractivity contribution < 1.29 is 42.9 Å². The van der Waals surface area contributed by atoms with Crippen LogP contribution in [-0.4, -0.2) is 77.6 Å². The van der Waals surface area contributed by atoms with Gasteiger partial charge in [-0.2, -0.15) is 0 Å². The molecule has 0 aliphatic carbocycles. The Morgan fingerprint density at radius 3 is 1.57 bits per heavy atom. The van der Waals surface area contributed by atoms with Crippen molar-refractivity contribution in [3.05, 3.63) is 0 Å². The molecule has 2 fully saturated rings. The highest BCUT2D eigenvalue weighted by Crippen LogP contribution is 2.37. The highest BCUT2D eigenvalue weighted by Gasteiger charge is 2.56. The summed E-state index contributed by atoms with van der Waals surface area (Å²) >= 11 is 5.85. The molecule has 0 unspecified atom stereocenters. The molecular formula is C33H55NO9S. The monoisotopic (exact) mass is 641 g/mol. The molecule has 2 aliphatic rings. The minimum atomic E-state index is -1.29. The first-order chi connectivity index (χ1) is 19.9. The van der Waals surface area contributed by atoms with Crippen molar-refractivity contribution in [2.24, 2.45) is 27.6 Å². The number of ether oxygens (including phenoxy) is 5. The molecule has 11 heteroatoms. The van der Waals surface area contributed by atoms with Crippen molar-refractivity contribution in [3.8, 4) is 0 Å². The number of piperidine rings is 1. The quantitative estimate of drug-likeness (QED) is 0.196. The predicted octanol–water partition coefficient (Wildman–Crippen LogP) is 5.62. The lowest BCUT2D eigenvalue weighted by Gasteiger charge is -2.50. The van der Waals surface area contributed by atoms with Crippen LogP contribution in [0.1, 0.15) is 109 Å². The minimum absolute atomic E-state index is 0.295. The van der Waals surface area contributed by atoms with Gasteiger partial charge in [-0.05, 0) is 95.4 Å². The van der Waals surface area contributed by atoms with Gasteiger partial charge in [0, 0.05) is 13.0 Å². The normalized spacial score (nSPS) is 26.9. The van der Waals surface area contributed by atoms with Gasteiger partial charge in [0.1, 0.15) is 12.7 Å². The standard InChI is InChI=1S/C33H55NO9S/c1-14-19-15-16-34(21(44)17-19)25-24(43-29(38)33(11,12)13)23(42-28(37)32(8,9)10)22(41-27(36)31(5,6)7)20(40-25)18-39-26(35)30(2,3)4/h19-20,22-25H,14-18H2,1-13H3/t19-,20+,22-,23-,24+,25+/m0/s1. The highest BCUT2D eigenvalue weighted by molar-refractivity contribution is 7.80. The van der Waals surface area contributed by atoms with E-state index >= 15 is 0 Å². The zero-order valence-corrected chi connectivity index (χ0v) is 29.8. The van der Waals surface area contributed by atoms with Gasteiger partial charge in [0.15, 0.2) is 24.5 Å². The largest absolute Gasteiger partial charge is 0.462 e. The summed E-state index contributed by atoms with van der Waals surface area (Å²) in [6, 6.07) is 0. The Hall–Kier alpha value is -2.27. The Kier molecular flexibility index (Phi) is 12.1. The number of carbonyl (C=O) groups excluding carboxylic acids is 4. The molecule has 2 saturated heterocycles. The van der Waals surface area contributed by atoms with E-state index in [0.29, 0.717) is 23.9 Å². The van der Waals surface area contributed by atoms with Crippen LogP contribution in [0.25, 0.3) is 0 Å². The molecule has 6 atom stereocenters. The maximum Gasteiger partial charge on any atom is 0.311 e. The number of rotatable bonds is 7. The first-order valence-corrected chi connectivity index (χ1v) is 16.0. The fourth-order valence-corrected chi connectivity index (χ4v) is 4.92. The van der Waals surface area contributed by atoms with E-state index in [2.05, 4.69) is 6.92 Å². The second-order valence-electron chi connectivity index (χ2n) is 16.1. The average molecular weight is 642 g/mol. The van der Waals surface area contributed by atoms with Crippen LogP contribution in [0.15, 0.2) is 0 Å². The lowest BCUT2D eigenvalue weighted by atomic mass is 9.90. The molecule has 0 aromatic rings. The van der Waals surface area contributed by atoms with Crippen LogP contribution < -0.4 is 0 Å². The Bertz CT molecular complexity index is 1080. The molecule has 0 saturated carbocycles. The molecule has 0 bridgehead atoms. The van der Waals surface area contributed by atoms with Gasteiger partial charge in [0.05, 0.1) is 26.6 Å². The maximum atomic E-state index is 13.5. The van der Waals surface area contributed by atoms with Crippen LogP contribution in [0.3, 0.4) is 0 Å². The smallest absolute Gasteiger partial charge is 0.311 e. The number of hydrogen-bond acceptors (Lipinski definition) is 10. The third kappa shape index (κ3) is 9.86. The maximum absolute atomic E-state index is 13.5. The number of hydrogen-bond donors (Lipinski definition) is 0. The Morgan fingerprint density at radius 2 is 1.16 bits per heavy atom. The SMILES string of the molecule is CC[C@H]1CCN([C@@H]2O[C@H](COC(=O)C(C)(C)C)[C@H](OC(=O)C(C)(C)C)[C@H](OC(=O)C(C)(C)C)[C@H]2OC(=O)C(C)(C)C)C(=S)C1. The molecule has 44 heavy (non-hydrogen) atoms. The predicted molar refractivity (Wildman–Crippen MR) is 169 cm³/mol. The van der Waals surface area contributed by atoms with E-state index in [1.165, 1.54) is 0 Å². The van der Waals surface area contributed by atoms with E-state index in [9.17, 15) is 19.2 Å². The summed E-state index contributed by atoms with van der Waals surface area (Å²) in [5.74, 6) is -1.82. The van der Waals surface area contributed by atoms with E-state index in [1.807, 2.05) is 4.90 Å². The molecule has 0 aromatic carbocycles. The van der Waals surface area contributed by atoms with Crippen LogP contribution in [0.2, 0.25) is 0 Å². The molecule has 2 aliphatic heterocycles. The number of likely N-dealkylation sites (tertiary alicyclic amines) is 1. The third-order valence-electron chi connectivity index (χ3n) is 7.61. The first-order valence-electron chi connectivity index (χ1n) is 15.6. The van der Waals surface area contributed by atoms with Crippen molar-refractivity contribution in [1.82, 2.24) is 4.90 Å². The molecular weight excluding hydrogens is 586 g/mol. The topological polar surface area (TPSA) is 118 Å². The van der Waals surface area contributed by atoms with Crippen molar-refractivity contribution in [1.29, 1.82) is 0 Å². The van der Waals surface area contributed by atoms with Crippen molar-refractivity contribution in [2.45, 2.75) is 140 Å². The molecule has 0 aromatic heterocycles. The summed E-state index contributed by atoms with van der Waals surface area (Å²) in [6.07, 6.45) is -3.39. The molecule has 0 amide bonds. The van der Waals surface area contributed by atoms with Crippen LogP contribution in [0.5, 0.6) is 0 Å². The van der Waals surface area contributed by atoms with Gasteiger partial charge in [-0.3, -0.25) is 19.2 Å². The average Bonchev–Trinajstić information content (AvgIpc) is 2.87. The van der Waals surface area contributed by atoms with Gasteiger partial charge in [0.2, 0.25) is 0 Å². The summed E-state index contributed by atoms with van der Waals surface area (Å²) in [5.41, 5.74) is -3.58.